The summed E-state index contributed by atoms with van der Waals surface area (Å²) in [4.78, 5) is 0.0603. The highest BCUT2D eigenvalue weighted by Gasteiger charge is 2.31. The molecule has 0 amide bonds. The van der Waals surface area contributed by atoms with Gasteiger partial charge in [-0.25, -0.2) is 12.8 Å². The highest BCUT2D eigenvalue weighted by molar-refractivity contribution is 7.89. The Morgan fingerprint density at radius 3 is 2.00 bits per heavy atom. The predicted molar refractivity (Wildman–Crippen MR) is 93.0 cm³/mol. The molecule has 1 fully saturated rings. The lowest BCUT2D eigenvalue weighted by atomic mass is 9.91. The van der Waals surface area contributed by atoms with Gasteiger partial charge in [-0.05, 0) is 67.1 Å². The minimum Gasteiger partial charge on any atom is -0.207 e. The smallest absolute Gasteiger partial charge is 0.207 e. The van der Waals surface area contributed by atoms with Crippen LogP contribution in [0.2, 0.25) is 0 Å². The van der Waals surface area contributed by atoms with E-state index in [0.29, 0.717) is 32.4 Å². The van der Waals surface area contributed by atoms with Crippen LogP contribution in [-0.4, -0.2) is 25.8 Å². The van der Waals surface area contributed by atoms with Crippen LogP contribution >= 0.6 is 0 Å². The quantitative estimate of drug-likeness (QED) is 0.708. The predicted octanol–water partition coefficient (Wildman–Crippen LogP) is 4.49. The Bertz CT molecular complexity index is 869. The minimum atomic E-state index is -4.35. The fourth-order valence-electron chi connectivity index (χ4n) is 3.27. The van der Waals surface area contributed by atoms with Crippen LogP contribution in [0.1, 0.15) is 24.0 Å². The van der Waals surface area contributed by atoms with Crippen LogP contribution in [0.3, 0.4) is 0 Å². The molecule has 3 nitrogen and oxygen atoms in total. The number of alkyl halides is 3. The lowest BCUT2D eigenvalue weighted by Crippen LogP contribution is -2.38. The van der Waals surface area contributed by atoms with Gasteiger partial charge in [-0.2, -0.15) is 17.5 Å². The summed E-state index contributed by atoms with van der Waals surface area (Å²) in [7, 11) is -3.66. The maximum atomic E-state index is 13.0. The van der Waals surface area contributed by atoms with E-state index in [9.17, 15) is 26.0 Å². The van der Waals surface area contributed by atoms with E-state index in [0.717, 1.165) is 29.8 Å². The van der Waals surface area contributed by atoms with Crippen molar-refractivity contribution in [3.63, 3.8) is 0 Å². The van der Waals surface area contributed by atoms with Crippen molar-refractivity contribution < 1.29 is 26.0 Å². The Labute approximate surface area is 155 Å². The number of hydrogen-bond acceptors (Lipinski definition) is 2. The molecule has 0 aromatic heterocycles. The first-order valence-electron chi connectivity index (χ1n) is 8.58. The molecule has 0 radical (unpaired) electrons. The van der Waals surface area contributed by atoms with E-state index in [2.05, 4.69) is 0 Å². The Kier molecular flexibility index (Phi) is 5.58. The molecule has 0 atom stereocenters. The number of piperidine rings is 1. The van der Waals surface area contributed by atoms with E-state index in [1.807, 2.05) is 0 Å². The largest absolute Gasteiger partial charge is 0.416 e. The normalized spacial score (nSPS) is 17.2. The molecule has 1 heterocycles. The van der Waals surface area contributed by atoms with Crippen LogP contribution < -0.4 is 0 Å². The van der Waals surface area contributed by atoms with Crippen molar-refractivity contribution in [1.82, 2.24) is 4.31 Å². The zero-order chi connectivity index (χ0) is 19.7. The Hall–Kier alpha value is -1.93. The molecule has 0 bridgehead atoms. The van der Waals surface area contributed by atoms with Gasteiger partial charge < -0.3 is 0 Å². The van der Waals surface area contributed by atoms with Crippen LogP contribution in [0.5, 0.6) is 0 Å². The summed E-state index contributed by atoms with van der Waals surface area (Å²) in [5, 5.41) is 0. The second-order valence-corrected chi connectivity index (χ2v) is 8.64. The molecule has 0 spiro atoms. The number of halogens is 4. The molecule has 0 saturated carbocycles. The van der Waals surface area contributed by atoms with Gasteiger partial charge in [-0.1, -0.05) is 12.1 Å². The van der Waals surface area contributed by atoms with Gasteiger partial charge >= 0.3 is 6.18 Å². The third kappa shape index (κ3) is 4.68. The molecule has 146 valence electrons. The average molecular weight is 401 g/mol. The summed E-state index contributed by atoms with van der Waals surface area (Å²) in [6.07, 6.45) is -2.48. The molecule has 1 aliphatic rings. The lowest BCUT2D eigenvalue weighted by Gasteiger charge is -2.31. The van der Waals surface area contributed by atoms with Crippen molar-refractivity contribution in [1.29, 1.82) is 0 Å². The van der Waals surface area contributed by atoms with Gasteiger partial charge in [0, 0.05) is 13.1 Å². The van der Waals surface area contributed by atoms with Crippen LogP contribution in [0, 0.1) is 11.7 Å². The molecule has 0 unspecified atom stereocenters. The SMILES string of the molecule is O=S(=O)(c1ccc(F)cc1)N1CCC(Cc2ccc(C(F)(F)F)cc2)CC1. The number of nitrogens with zero attached hydrogens (tertiary/aromatic N) is 1. The van der Waals surface area contributed by atoms with Crippen LogP contribution in [0.4, 0.5) is 17.6 Å². The average Bonchev–Trinajstić information content (AvgIpc) is 2.62. The summed E-state index contributed by atoms with van der Waals surface area (Å²) < 4.78 is 77.4. The molecule has 2 aromatic carbocycles. The van der Waals surface area contributed by atoms with Crippen molar-refractivity contribution in [3.8, 4) is 0 Å². The zero-order valence-corrected chi connectivity index (χ0v) is 15.2. The molecular weight excluding hydrogens is 382 g/mol. The van der Waals surface area contributed by atoms with Crippen LogP contribution in [-0.2, 0) is 22.6 Å². The van der Waals surface area contributed by atoms with E-state index in [1.54, 1.807) is 0 Å². The first-order chi connectivity index (χ1) is 12.7. The fraction of sp³-hybridized carbons (Fsp3) is 0.368. The van der Waals surface area contributed by atoms with E-state index >= 15 is 0 Å². The molecule has 0 N–H and O–H groups in total. The Balaban J connectivity index is 1.59. The molecule has 3 rings (SSSR count). The highest BCUT2D eigenvalue weighted by atomic mass is 32.2. The lowest BCUT2D eigenvalue weighted by molar-refractivity contribution is -0.137. The standard InChI is InChI=1S/C19H19F4NO2S/c20-17-5-7-18(8-6-17)27(25,26)24-11-9-15(10-12-24)13-14-1-3-16(4-2-14)19(21,22)23/h1-8,15H,9-13H2. The molecule has 1 aliphatic heterocycles. The van der Waals surface area contributed by atoms with E-state index in [4.69, 9.17) is 0 Å². The second kappa shape index (κ2) is 7.59. The third-order valence-corrected chi connectivity index (χ3v) is 6.74. The van der Waals surface area contributed by atoms with Crippen molar-refractivity contribution in [3.05, 3.63) is 65.5 Å². The fourth-order valence-corrected chi connectivity index (χ4v) is 4.74. The molecule has 27 heavy (non-hydrogen) atoms. The van der Waals surface area contributed by atoms with Gasteiger partial charge in [-0.15, -0.1) is 0 Å². The van der Waals surface area contributed by atoms with Gasteiger partial charge in [0.15, 0.2) is 0 Å². The first kappa shape index (κ1) is 19.8. The number of benzene rings is 2. The molecular formula is C19H19F4NO2S. The van der Waals surface area contributed by atoms with Crippen molar-refractivity contribution in [2.45, 2.75) is 30.3 Å². The summed E-state index contributed by atoms with van der Waals surface area (Å²) in [6, 6.07) is 9.83. The topological polar surface area (TPSA) is 37.4 Å². The molecule has 2 aromatic rings. The number of sulfonamides is 1. The Morgan fingerprint density at radius 1 is 0.926 bits per heavy atom. The van der Waals surface area contributed by atoms with Crippen LogP contribution in [0.25, 0.3) is 0 Å². The van der Waals surface area contributed by atoms with E-state index < -0.39 is 27.6 Å². The summed E-state index contributed by atoms with van der Waals surface area (Å²) in [5.74, 6) is -0.286. The van der Waals surface area contributed by atoms with Gasteiger partial charge in [0.05, 0.1) is 10.5 Å². The van der Waals surface area contributed by atoms with Gasteiger partial charge in [0.2, 0.25) is 10.0 Å². The third-order valence-electron chi connectivity index (χ3n) is 4.83. The van der Waals surface area contributed by atoms with Crippen LogP contribution in [0.15, 0.2) is 53.4 Å². The number of rotatable bonds is 4. The summed E-state index contributed by atoms with van der Waals surface area (Å²) in [5.41, 5.74) is 0.134. The molecule has 0 aliphatic carbocycles. The maximum absolute atomic E-state index is 13.0. The van der Waals surface area contributed by atoms with Gasteiger partial charge in [0.1, 0.15) is 5.82 Å². The monoisotopic (exact) mass is 401 g/mol. The number of hydrogen-bond donors (Lipinski definition) is 0. The van der Waals surface area contributed by atoms with E-state index in [1.165, 1.54) is 28.6 Å². The second-order valence-electron chi connectivity index (χ2n) is 6.70. The maximum Gasteiger partial charge on any atom is 0.416 e. The summed E-state index contributed by atoms with van der Waals surface area (Å²) >= 11 is 0. The van der Waals surface area contributed by atoms with Crippen molar-refractivity contribution in [2.24, 2.45) is 5.92 Å². The first-order valence-corrected chi connectivity index (χ1v) is 10.0. The van der Waals surface area contributed by atoms with Gasteiger partial charge in [0.25, 0.3) is 0 Å². The van der Waals surface area contributed by atoms with E-state index in [-0.39, 0.29) is 10.8 Å². The van der Waals surface area contributed by atoms with Crippen molar-refractivity contribution >= 4 is 10.0 Å². The Morgan fingerprint density at radius 2 is 1.48 bits per heavy atom. The summed E-state index contributed by atoms with van der Waals surface area (Å²) in [6.45, 7) is 0.677. The minimum absolute atomic E-state index is 0.0603. The molecule has 1 saturated heterocycles. The zero-order valence-electron chi connectivity index (χ0n) is 14.4. The highest BCUT2D eigenvalue weighted by Crippen LogP contribution is 2.30. The van der Waals surface area contributed by atoms with Gasteiger partial charge in [-0.3, -0.25) is 0 Å². The van der Waals surface area contributed by atoms with Crippen molar-refractivity contribution in [2.75, 3.05) is 13.1 Å². The molecule has 8 heteroatoms.